The van der Waals surface area contributed by atoms with Crippen LogP contribution in [0.5, 0.6) is 0 Å². The van der Waals surface area contributed by atoms with Crippen molar-refractivity contribution in [3.05, 3.63) is 23.5 Å². The summed E-state index contributed by atoms with van der Waals surface area (Å²) >= 11 is 0. The first-order valence-corrected chi connectivity index (χ1v) is 18.4. The van der Waals surface area contributed by atoms with Crippen LogP contribution in [0.1, 0.15) is 105 Å². The number of carboxylic acid groups (broad SMARTS) is 1. The van der Waals surface area contributed by atoms with Crippen molar-refractivity contribution in [3.63, 3.8) is 0 Å². The lowest BCUT2D eigenvalue weighted by Crippen LogP contribution is -2.48. The monoisotopic (exact) mass is 590 g/mol. The van der Waals surface area contributed by atoms with Gasteiger partial charge in [-0.3, -0.25) is 0 Å². The van der Waals surface area contributed by atoms with E-state index >= 15 is 0 Å². The van der Waals surface area contributed by atoms with Gasteiger partial charge in [0, 0.05) is 44.5 Å². The van der Waals surface area contributed by atoms with Crippen molar-refractivity contribution in [2.75, 3.05) is 33.3 Å². The Kier molecular flexibility index (Phi) is 10.6. The molecule has 1 amide bonds. The van der Waals surface area contributed by atoms with Gasteiger partial charge < -0.3 is 24.1 Å². The Bertz CT molecular complexity index is 1060. The average molecular weight is 591 g/mol. The molecule has 3 rings (SSSR count). The number of allylic oxidation sites excluding steroid dienone is 1. The summed E-state index contributed by atoms with van der Waals surface area (Å²) in [6.07, 6.45) is 8.88. The number of hydrogen-bond acceptors (Lipinski definition) is 5. The van der Waals surface area contributed by atoms with Crippen LogP contribution in [0.4, 0.5) is 4.79 Å². The minimum Gasteiger partial charge on any atom is -0.465 e. The normalized spacial score (nSPS) is 22.1. The van der Waals surface area contributed by atoms with E-state index in [0.717, 1.165) is 50.0 Å². The first kappa shape index (κ1) is 33.8. The van der Waals surface area contributed by atoms with Crippen molar-refractivity contribution in [2.45, 2.75) is 125 Å². The minimum atomic E-state index is -1.97. The first-order valence-electron chi connectivity index (χ1n) is 15.5. The van der Waals surface area contributed by atoms with Crippen LogP contribution in [-0.2, 0) is 15.7 Å². The van der Waals surface area contributed by atoms with Gasteiger partial charge in [0.15, 0.2) is 8.32 Å². The Morgan fingerprint density at radius 3 is 2.44 bits per heavy atom. The maximum atomic E-state index is 11.9. The van der Waals surface area contributed by atoms with E-state index in [-0.39, 0.29) is 28.2 Å². The number of aromatic nitrogens is 2. The summed E-state index contributed by atoms with van der Waals surface area (Å²) in [6, 6.07) is 0. The highest BCUT2D eigenvalue weighted by Crippen LogP contribution is 2.45. The molecule has 0 aromatic carbocycles. The van der Waals surface area contributed by atoms with Crippen LogP contribution < -0.4 is 0 Å². The molecule has 1 N–H and O–H groups in total. The van der Waals surface area contributed by atoms with E-state index in [1.165, 1.54) is 10.5 Å². The van der Waals surface area contributed by atoms with Crippen LogP contribution in [0.2, 0.25) is 18.1 Å². The summed E-state index contributed by atoms with van der Waals surface area (Å²) in [5.74, 6) is 0. The Labute approximate surface area is 250 Å². The number of ether oxygens (including phenoxy) is 1. The summed E-state index contributed by atoms with van der Waals surface area (Å²) in [7, 11) is 0.0944. The van der Waals surface area contributed by atoms with Gasteiger partial charge in [0.2, 0.25) is 0 Å². The summed E-state index contributed by atoms with van der Waals surface area (Å²) in [5, 5.41) is 15.1. The van der Waals surface area contributed by atoms with Gasteiger partial charge in [-0.2, -0.15) is 5.10 Å². The molecule has 1 unspecified atom stereocenters. The van der Waals surface area contributed by atoms with Gasteiger partial charge in [-0.25, -0.2) is 9.48 Å². The highest BCUT2D eigenvalue weighted by Gasteiger charge is 2.43. The molecule has 234 valence electrons. The number of rotatable bonds is 10. The highest BCUT2D eigenvalue weighted by molar-refractivity contribution is 6.74. The van der Waals surface area contributed by atoms with E-state index in [1.54, 1.807) is 0 Å². The van der Waals surface area contributed by atoms with Gasteiger partial charge in [-0.1, -0.05) is 61.5 Å². The van der Waals surface area contributed by atoms with E-state index in [0.29, 0.717) is 26.2 Å². The van der Waals surface area contributed by atoms with Crippen molar-refractivity contribution in [2.24, 2.45) is 10.8 Å². The summed E-state index contributed by atoms with van der Waals surface area (Å²) < 4.78 is 15.2. The van der Waals surface area contributed by atoms with Gasteiger partial charge in [0.1, 0.15) is 6.23 Å². The molecule has 1 aliphatic carbocycles. The van der Waals surface area contributed by atoms with Crippen molar-refractivity contribution in [3.8, 4) is 0 Å². The van der Waals surface area contributed by atoms with E-state index in [9.17, 15) is 9.90 Å². The Morgan fingerprint density at radius 1 is 1.20 bits per heavy atom. The standard InChI is InChI=1S/C32H58N4O4Si/c1-30(2,3)23-35(29(37)38)18-17-34(9)21-25-22-36(27-14-12-13-19-39-27)33-28(25)24-15-16-32(7,8)26(20-24)40-41(10,11)31(4,5)6/h20,22,26-27H,12-19,21,23H2,1-11H3,(H,37,38)/t26-,27?/m1/s1. The predicted molar refractivity (Wildman–Crippen MR) is 170 cm³/mol. The number of amides is 1. The number of carbonyl (C=O) groups is 1. The van der Waals surface area contributed by atoms with E-state index in [4.69, 9.17) is 14.3 Å². The SMILES string of the molecule is CN(CCN(CC(C)(C)C)C(=O)O)Cc1cn(C2CCCCO2)nc1C1=C[C@@H](O[Si](C)(C)C(C)(C)C)C(C)(C)CC1. The smallest absolute Gasteiger partial charge is 0.407 e. The van der Waals surface area contributed by atoms with E-state index in [1.807, 2.05) is 4.68 Å². The third-order valence-electron chi connectivity index (χ3n) is 9.08. The van der Waals surface area contributed by atoms with Crippen molar-refractivity contribution in [1.29, 1.82) is 0 Å². The molecule has 2 heterocycles. The topological polar surface area (TPSA) is 80.1 Å². The van der Waals surface area contributed by atoms with Gasteiger partial charge in [0.05, 0.1) is 11.8 Å². The molecule has 1 saturated heterocycles. The number of nitrogens with zero attached hydrogens (tertiary/aromatic N) is 4. The second kappa shape index (κ2) is 12.9. The van der Waals surface area contributed by atoms with Crippen LogP contribution in [0.25, 0.3) is 5.57 Å². The lowest BCUT2D eigenvalue weighted by molar-refractivity contribution is -0.0396. The van der Waals surface area contributed by atoms with Crippen LogP contribution in [-0.4, -0.2) is 78.5 Å². The molecule has 0 radical (unpaired) electrons. The van der Waals surface area contributed by atoms with Crippen LogP contribution in [0.15, 0.2) is 12.3 Å². The van der Waals surface area contributed by atoms with Crippen LogP contribution in [0.3, 0.4) is 0 Å². The zero-order valence-corrected chi connectivity index (χ0v) is 28.8. The third-order valence-corrected chi connectivity index (χ3v) is 13.5. The van der Waals surface area contributed by atoms with Crippen LogP contribution >= 0.6 is 0 Å². The molecule has 1 aromatic rings. The molecule has 2 atom stereocenters. The second-order valence-electron chi connectivity index (χ2n) is 15.8. The average Bonchev–Trinajstić information content (AvgIpc) is 3.25. The number of likely N-dealkylation sites (N-methyl/N-ethyl adjacent to an activating group) is 1. The molecule has 9 heteroatoms. The molecule has 0 bridgehead atoms. The zero-order chi connectivity index (χ0) is 30.8. The quantitative estimate of drug-likeness (QED) is 0.282. The molecule has 8 nitrogen and oxygen atoms in total. The molecule has 1 aromatic heterocycles. The Balaban J connectivity index is 1.89. The summed E-state index contributed by atoms with van der Waals surface area (Å²) in [6.45, 7) is 25.5. The predicted octanol–water partition coefficient (Wildman–Crippen LogP) is 7.63. The molecule has 2 aliphatic rings. The molecular formula is C32H58N4O4Si. The summed E-state index contributed by atoms with van der Waals surface area (Å²) in [4.78, 5) is 15.6. The zero-order valence-electron chi connectivity index (χ0n) is 27.8. The van der Waals surface area contributed by atoms with Crippen molar-refractivity contribution >= 4 is 20.0 Å². The van der Waals surface area contributed by atoms with Gasteiger partial charge >= 0.3 is 6.09 Å². The summed E-state index contributed by atoms with van der Waals surface area (Å²) in [5.41, 5.74) is 3.42. The number of hydrogen-bond donors (Lipinski definition) is 1. The lowest BCUT2D eigenvalue weighted by atomic mass is 9.75. The fourth-order valence-electron chi connectivity index (χ4n) is 5.35. The maximum Gasteiger partial charge on any atom is 0.407 e. The molecule has 0 saturated carbocycles. The van der Waals surface area contributed by atoms with Crippen molar-refractivity contribution in [1.82, 2.24) is 19.6 Å². The maximum absolute atomic E-state index is 11.9. The molecule has 1 fully saturated rings. The van der Waals surface area contributed by atoms with Crippen LogP contribution in [0, 0.1) is 10.8 Å². The van der Waals surface area contributed by atoms with Crippen molar-refractivity contribution < 1.29 is 19.1 Å². The highest BCUT2D eigenvalue weighted by atomic mass is 28.4. The fourth-order valence-corrected chi connectivity index (χ4v) is 6.72. The Morgan fingerprint density at radius 2 is 1.88 bits per heavy atom. The first-order chi connectivity index (χ1) is 18.8. The van der Waals surface area contributed by atoms with E-state index in [2.05, 4.69) is 92.7 Å². The molecule has 41 heavy (non-hydrogen) atoms. The largest absolute Gasteiger partial charge is 0.465 e. The minimum absolute atomic E-state index is 0.0317. The Hall–Kier alpha value is -1.68. The van der Waals surface area contributed by atoms with Gasteiger partial charge in [-0.05, 0) is 73.7 Å². The van der Waals surface area contributed by atoms with Gasteiger partial charge in [0.25, 0.3) is 0 Å². The molecule has 1 aliphatic heterocycles. The molecule has 0 spiro atoms. The van der Waals surface area contributed by atoms with E-state index < -0.39 is 14.4 Å². The van der Waals surface area contributed by atoms with Gasteiger partial charge in [-0.15, -0.1) is 0 Å². The second-order valence-corrected chi connectivity index (χ2v) is 20.5. The molecular weight excluding hydrogens is 532 g/mol. The lowest BCUT2D eigenvalue weighted by Gasteiger charge is -2.45. The fraction of sp³-hybridized carbons (Fsp3) is 0.812. The third kappa shape index (κ3) is 9.15.